The van der Waals surface area contributed by atoms with E-state index in [9.17, 15) is 9.59 Å². The molecule has 1 aliphatic rings. The molecule has 0 bridgehead atoms. The van der Waals surface area contributed by atoms with Gasteiger partial charge in [0.15, 0.2) is 0 Å². The number of pyridine rings is 1. The van der Waals surface area contributed by atoms with Crippen molar-refractivity contribution in [1.82, 2.24) is 14.9 Å². The summed E-state index contributed by atoms with van der Waals surface area (Å²) in [6.07, 6.45) is 9.37. The minimum Gasteiger partial charge on any atom is -0.356 e. The normalized spacial score (nSPS) is 15.1. The summed E-state index contributed by atoms with van der Waals surface area (Å²) in [6.45, 7) is 0.545. The molecule has 6 heteroatoms. The molecule has 1 atom stereocenters. The number of amides is 2. The lowest BCUT2D eigenvalue weighted by molar-refractivity contribution is -0.127. The topological polar surface area (TPSA) is 78.1 Å². The van der Waals surface area contributed by atoms with Crippen molar-refractivity contribution in [2.75, 3.05) is 11.9 Å². The van der Waals surface area contributed by atoms with Crippen LogP contribution in [0.3, 0.4) is 0 Å². The van der Waals surface area contributed by atoms with E-state index in [0.29, 0.717) is 17.8 Å². The predicted molar refractivity (Wildman–Crippen MR) is 123 cm³/mol. The summed E-state index contributed by atoms with van der Waals surface area (Å²) in [6, 6.07) is 18.7. The quantitative estimate of drug-likeness (QED) is 0.493. The summed E-state index contributed by atoms with van der Waals surface area (Å²) in [5.41, 5.74) is 5.35. The molecule has 0 aliphatic carbocycles. The molecule has 6 nitrogen and oxygen atoms in total. The zero-order chi connectivity index (χ0) is 22.1. The Morgan fingerprint density at radius 3 is 2.56 bits per heavy atom. The van der Waals surface area contributed by atoms with Gasteiger partial charge < -0.3 is 15.2 Å². The molecule has 3 heterocycles. The van der Waals surface area contributed by atoms with Crippen molar-refractivity contribution in [2.45, 2.75) is 12.5 Å². The highest BCUT2D eigenvalue weighted by Gasteiger charge is 2.33. The molecule has 32 heavy (non-hydrogen) atoms. The van der Waals surface area contributed by atoms with E-state index in [1.165, 1.54) is 10.9 Å². The zero-order valence-corrected chi connectivity index (χ0v) is 17.2. The molecule has 1 aliphatic heterocycles. The lowest BCUT2D eigenvalue weighted by Crippen LogP contribution is -2.39. The number of carbonyl (C=O) groups is 2. The summed E-state index contributed by atoms with van der Waals surface area (Å²) in [4.78, 5) is 34.1. The van der Waals surface area contributed by atoms with E-state index < -0.39 is 0 Å². The number of nitrogens with zero attached hydrogens (tertiary/aromatic N) is 2. The van der Waals surface area contributed by atoms with Crippen molar-refractivity contribution >= 4 is 28.4 Å². The maximum absolute atomic E-state index is 12.6. The van der Waals surface area contributed by atoms with Crippen LogP contribution in [0.15, 0.2) is 73.1 Å². The minimum absolute atomic E-state index is 0.208. The van der Waals surface area contributed by atoms with Crippen molar-refractivity contribution in [3.63, 3.8) is 0 Å². The number of terminal acetylenes is 1. The number of para-hydroxylation sites is 1. The number of anilines is 1. The third kappa shape index (κ3) is 3.40. The standard InChI is InChI=1S/C26H20N4O2/c1-2-23(31)30-16-13-21-20-5-3-4-6-22(20)29-24(21)25(30)17-7-9-19(10-8-17)28-26(32)18-11-14-27-15-12-18/h1,3-12,14-15,25,29H,13,16H2,(H,28,32)/t25-/m0/s1. The number of hydrogen-bond donors (Lipinski definition) is 2. The number of aromatic nitrogens is 2. The molecule has 0 fully saturated rings. The molecule has 5 rings (SSSR count). The van der Waals surface area contributed by atoms with Crippen molar-refractivity contribution in [3.05, 3.63) is 95.4 Å². The van der Waals surface area contributed by atoms with Gasteiger partial charge in [-0.15, -0.1) is 6.42 Å². The van der Waals surface area contributed by atoms with Gasteiger partial charge in [0.2, 0.25) is 0 Å². The van der Waals surface area contributed by atoms with E-state index in [0.717, 1.165) is 23.2 Å². The van der Waals surface area contributed by atoms with Crippen molar-refractivity contribution < 1.29 is 9.59 Å². The number of benzene rings is 2. The smallest absolute Gasteiger partial charge is 0.299 e. The SMILES string of the molecule is C#CC(=O)N1CCc2c([nH]c3ccccc23)[C@@H]1c1ccc(NC(=O)c2ccncc2)cc1. The molecule has 4 aromatic rings. The summed E-state index contributed by atoms with van der Waals surface area (Å²) >= 11 is 0. The first-order valence-electron chi connectivity index (χ1n) is 10.3. The van der Waals surface area contributed by atoms with E-state index in [2.05, 4.69) is 27.3 Å². The number of nitrogens with one attached hydrogen (secondary N) is 2. The summed E-state index contributed by atoms with van der Waals surface area (Å²) in [5.74, 6) is 1.72. The van der Waals surface area contributed by atoms with Gasteiger partial charge in [0.05, 0.1) is 6.04 Å². The average Bonchev–Trinajstić information content (AvgIpc) is 3.23. The second kappa shape index (κ2) is 8.05. The van der Waals surface area contributed by atoms with Gasteiger partial charge in [0, 0.05) is 46.8 Å². The lowest BCUT2D eigenvalue weighted by atomic mass is 9.92. The van der Waals surface area contributed by atoms with Crippen LogP contribution in [0.5, 0.6) is 0 Å². The average molecular weight is 420 g/mol. The number of fused-ring (bicyclic) bond motifs is 3. The first-order chi connectivity index (χ1) is 15.7. The lowest BCUT2D eigenvalue weighted by Gasteiger charge is -2.35. The monoisotopic (exact) mass is 420 g/mol. The number of hydrogen-bond acceptors (Lipinski definition) is 3. The number of aromatic amines is 1. The van der Waals surface area contributed by atoms with Gasteiger partial charge in [0.25, 0.3) is 11.8 Å². The first-order valence-corrected chi connectivity index (χ1v) is 10.3. The van der Waals surface area contributed by atoms with E-state index in [1.54, 1.807) is 29.4 Å². The maximum Gasteiger partial charge on any atom is 0.299 e. The van der Waals surface area contributed by atoms with Gasteiger partial charge >= 0.3 is 0 Å². The third-order valence-corrected chi connectivity index (χ3v) is 5.85. The summed E-state index contributed by atoms with van der Waals surface area (Å²) < 4.78 is 0. The third-order valence-electron chi connectivity index (χ3n) is 5.85. The molecule has 2 aromatic heterocycles. The minimum atomic E-state index is -0.339. The fourth-order valence-electron chi connectivity index (χ4n) is 4.34. The molecule has 2 aromatic carbocycles. The van der Waals surface area contributed by atoms with Crippen LogP contribution in [0.2, 0.25) is 0 Å². The highest BCUT2D eigenvalue weighted by atomic mass is 16.2. The van der Waals surface area contributed by atoms with E-state index in [4.69, 9.17) is 6.42 Å². The molecule has 2 amide bonds. The highest BCUT2D eigenvalue weighted by molar-refractivity contribution is 6.04. The predicted octanol–water partition coefficient (Wildman–Crippen LogP) is 3.92. The Morgan fingerprint density at radius 1 is 1.06 bits per heavy atom. The molecule has 0 spiro atoms. The van der Waals surface area contributed by atoms with Crippen molar-refractivity contribution in [3.8, 4) is 12.3 Å². The maximum atomic E-state index is 12.6. The summed E-state index contributed by atoms with van der Waals surface area (Å²) in [5, 5.41) is 4.05. The number of H-pyrrole nitrogens is 1. The van der Waals surface area contributed by atoms with E-state index in [1.807, 2.05) is 42.5 Å². The van der Waals surface area contributed by atoms with Crippen LogP contribution in [0.4, 0.5) is 5.69 Å². The first kappa shape index (κ1) is 19.6. The molecule has 0 saturated carbocycles. The van der Waals surface area contributed by atoms with Gasteiger partial charge in [-0.2, -0.15) is 0 Å². The summed E-state index contributed by atoms with van der Waals surface area (Å²) in [7, 11) is 0. The molecule has 0 unspecified atom stereocenters. The van der Waals surface area contributed by atoms with E-state index >= 15 is 0 Å². The second-order valence-electron chi connectivity index (χ2n) is 7.67. The molecular weight excluding hydrogens is 400 g/mol. The van der Waals surface area contributed by atoms with Crippen molar-refractivity contribution in [2.24, 2.45) is 0 Å². The van der Waals surface area contributed by atoms with Gasteiger partial charge in [0.1, 0.15) is 0 Å². The molecular formula is C26H20N4O2. The Hall–Kier alpha value is -4.37. The Labute approximate surface area is 185 Å². The van der Waals surface area contributed by atoms with Gasteiger partial charge in [-0.3, -0.25) is 14.6 Å². The fourth-order valence-corrected chi connectivity index (χ4v) is 4.34. The Kier molecular flexibility index (Phi) is 4.92. The Bertz CT molecular complexity index is 1350. The van der Waals surface area contributed by atoms with Crippen LogP contribution in [0.25, 0.3) is 10.9 Å². The van der Waals surface area contributed by atoms with Crippen LogP contribution in [-0.2, 0) is 11.2 Å². The van der Waals surface area contributed by atoms with Gasteiger partial charge in [-0.1, -0.05) is 30.3 Å². The van der Waals surface area contributed by atoms with Crippen LogP contribution in [0, 0.1) is 12.3 Å². The number of rotatable bonds is 3. The Balaban J connectivity index is 1.50. The van der Waals surface area contributed by atoms with Crippen LogP contribution >= 0.6 is 0 Å². The molecule has 0 saturated heterocycles. The fraction of sp³-hybridized carbons (Fsp3) is 0.115. The number of carbonyl (C=O) groups excluding carboxylic acids is 2. The van der Waals surface area contributed by atoms with Gasteiger partial charge in [-0.05, 0) is 53.8 Å². The second-order valence-corrected chi connectivity index (χ2v) is 7.67. The van der Waals surface area contributed by atoms with Gasteiger partial charge in [-0.25, -0.2) is 0 Å². The molecule has 156 valence electrons. The van der Waals surface area contributed by atoms with Crippen LogP contribution in [0.1, 0.15) is 33.2 Å². The van der Waals surface area contributed by atoms with Crippen molar-refractivity contribution in [1.29, 1.82) is 0 Å². The largest absolute Gasteiger partial charge is 0.356 e. The van der Waals surface area contributed by atoms with E-state index in [-0.39, 0.29) is 17.9 Å². The highest BCUT2D eigenvalue weighted by Crippen LogP contribution is 2.38. The molecule has 0 radical (unpaired) electrons. The molecule has 2 N–H and O–H groups in total. The van der Waals surface area contributed by atoms with Crippen LogP contribution in [-0.4, -0.2) is 33.2 Å². The zero-order valence-electron chi connectivity index (χ0n) is 17.2. The Morgan fingerprint density at radius 2 is 1.81 bits per heavy atom. The van der Waals surface area contributed by atoms with Crippen LogP contribution < -0.4 is 5.32 Å².